The highest BCUT2D eigenvalue weighted by Crippen LogP contribution is 2.36. The first-order valence-electron chi connectivity index (χ1n) is 13.8. The van der Waals surface area contributed by atoms with Gasteiger partial charge in [-0.05, 0) is 127 Å². The average Bonchev–Trinajstić information content (AvgIpc) is 2.91. The van der Waals surface area contributed by atoms with Crippen molar-refractivity contribution in [2.45, 2.75) is 72.8 Å². The van der Waals surface area contributed by atoms with Gasteiger partial charge in [-0.3, -0.25) is 19.2 Å². The van der Waals surface area contributed by atoms with Gasteiger partial charge in [0.15, 0.2) is 0 Å². The van der Waals surface area contributed by atoms with Gasteiger partial charge >= 0.3 is 5.97 Å². The van der Waals surface area contributed by atoms with E-state index >= 15 is 0 Å². The van der Waals surface area contributed by atoms with Crippen LogP contribution in [-0.2, 0) is 19.2 Å². The molecule has 0 radical (unpaired) electrons. The lowest BCUT2D eigenvalue weighted by Crippen LogP contribution is -2.51. The lowest BCUT2D eigenvalue weighted by molar-refractivity contribution is -0.160. The van der Waals surface area contributed by atoms with Crippen LogP contribution in [0.5, 0.6) is 0 Å². The number of likely N-dealkylation sites (tertiary alicyclic amines) is 1. The first-order valence-corrected chi connectivity index (χ1v) is 17.1. The van der Waals surface area contributed by atoms with Crippen molar-refractivity contribution in [1.29, 1.82) is 0 Å². The van der Waals surface area contributed by atoms with Gasteiger partial charge < -0.3 is 25.7 Å². The second-order valence-corrected chi connectivity index (χ2v) is 14.6. The Labute approximate surface area is 288 Å². The van der Waals surface area contributed by atoms with Crippen LogP contribution in [0.4, 0.5) is 5.69 Å². The summed E-state index contributed by atoms with van der Waals surface area (Å²) in [6, 6.07) is -0.790. The fourth-order valence-corrected chi connectivity index (χ4v) is 8.64. The number of halogens is 3. The van der Waals surface area contributed by atoms with Gasteiger partial charge in [0.05, 0.1) is 29.4 Å². The third-order valence-corrected chi connectivity index (χ3v) is 10.0. The molecule has 1 heterocycles. The zero-order valence-corrected chi connectivity index (χ0v) is 31.3. The Hall–Kier alpha value is -1.28. The molecule has 14 heteroatoms. The van der Waals surface area contributed by atoms with E-state index in [0.29, 0.717) is 61.2 Å². The van der Waals surface area contributed by atoms with E-state index in [0.717, 1.165) is 12.8 Å². The number of piperidine rings is 1. The van der Waals surface area contributed by atoms with Crippen LogP contribution in [0, 0.1) is 22.0 Å². The first-order chi connectivity index (χ1) is 19.6. The minimum absolute atomic E-state index is 0.147. The summed E-state index contributed by atoms with van der Waals surface area (Å²) in [4.78, 5) is 71.1. The van der Waals surface area contributed by atoms with Crippen LogP contribution in [0.25, 0.3) is 0 Å². The zero-order chi connectivity index (χ0) is 31.8. The van der Waals surface area contributed by atoms with Gasteiger partial charge in [-0.15, -0.1) is 0 Å². The number of carbonyl (C=O) groups is 5. The van der Waals surface area contributed by atoms with Crippen LogP contribution >= 0.6 is 67.8 Å². The Bertz CT molecular complexity index is 1200. The Morgan fingerprint density at radius 1 is 0.952 bits per heavy atom. The molecule has 42 heavy (non-hydrogen) atoms. The van der Waals surface area contributed by atoms with Crippen LogP contribution < -0.4 is 21.4 Å². The smallest absolute Gasteiger partial charge is 0.329 e. The molecule has 4 N–H and O–H groups in total. The normalized spacial score (nSPS) is 14.6. The van der Waals surface area contributed by atoms with Crippen LogP contribution in [0.1, 0.15) is 87.4 Å². The molecule has 1 saturated heterocycles. The summed E-state index contributed by atoms with van der Waals surface area (Å²) in [5, 5.41) is 8.30. The summed E-state index contributed by atoms with van der Waals surface area (Å²) < 4.78 is 1.42. The fraction of sp³-hybridized carbons (Fsp3) is 0.607. The Morgan fingerprint density at radius 3 is 2.05 bits per heavy atom. The molecule has 1 fully saturated rings. The number of carbonyl (C=O) groups excluding carboxylic acids is 5. The predicted octanol–water partition coefficient (Wildman–Crippen LogP) is 4.44. The van der Waals surface area contributed by atoms with Gasteiger partial charge in [0, 0.05) is 37.2 Å². The minimum atomic E-state index is -0.790. The van der Waals surface area contributed by atoms with E-state index in [-0.39, 0.29) is 28.9 Å². The molecular formula is C28H40I3N5O6. The van der Waals surface area contributed by atoms with Crippen LogP contribution in [0.15, 0.2) is 0 Å². The molecule has 0 aliphatic carbocycles. The van der Waals surface area contributed by atoms with Crippen LogP contribution in [0.2, 0.25) is 0 Å². The lowest BCUT2D eigenvalue weighted by atomic mass is 9.98. The number of benzene rings is 1. The van der Waals surface area contributed by atoms with Crippen molar-refractivity contribution in [2.75, 3.05) is 32.0 Å². The maximum Gasteiger partial charge on any atom is 0.329 e. The number of nitrogens with one attached hydrogen (secondary N) is 4. The third-order valence-electron chi connectivity index (χ3n) is 6.80. The van der Waals surface area contributed by atoms with Crippen LogP contribution in [-0.4, -0.2) is 67.2 Å². The number of nitrogens with zero attached hydrogens (tertiary/aromatic N) is 1. The van der Waals surface area contributed by atoms with Crippen molar-refractivity contribution < 1.29 is 28.8 Å². The van der Waals surface area contributed by atoms with E-state index in [1.165, 1.54) is 14.0 Å². The molecular weight excluding hydrogens is 883 g/mol. The van der Waals surface area contributed by atoms with E-state index < -0.39 is 23.3 Å². The standard InChI is InChI=1S/C28H40I3N5O6/c1-15-10-13-36(14-11-15)26(40)17(9-7-8-12-33-42-27(41)28(3,4)5)35-25(39)19-20(29)18(24(38)32-6)21(30)23(22(19)31)34-16(2)37/h15,17,33H,7-14H2,1-6H3,(H,32,38)(H,34,37)(H,35,39). The topological polar surface area (TPSA) is 146 Å². The van der Waals surface area contributed by atoms with E-state index in [1.807, 2.05) is 67.8 Å². The second-order valence-electron chi connectivity index (χ2n) is 11.4. The third kappa shape index (κ3) is 10.1. The molecule has 1 atom stereocenters. The lowest BCUT2D eigenvalue weighted by Gasteiger charge is -2.33. The molecule has 1 unspecified atom stereocenters. The maximum atomic E-state index is 13.8. The summed E-state index contributed by atoms with van der Waals surface area (Å²) >= 11 is 5.96. The number of anilines is 1. The van der Waals surface area contributed by atoms with Crippen molar-refractivity contribution in [1.82, 2.24) is 21.0 Å². The number of hydrogen-bond donors (Lipinski definition) is 4. The van der Waals surface area contributed by atoms with E-state index in [2.05, 4.69) is 28.4 Å². The highest BCUT2D eigenvalue weighted by atomic mass is 127. The number of amides is 4. The molecule has 4 amide bonds. The van der Waals surface area contributed by atoms with E-state index in [9.17, 15) is 24.0 Å². The Kier molecular flexibility index (Phi) is 14.7. The predicted molar refractivity (Wildman–Crippen MR) is 186 cm³/mol. The van der Waals surface area contributed by atoms with Gasteiger partial charge in [-0.2, -0.15) is 5.48 Å². The number of unbranched alkanes of at least 4 members (excludes halogenated alkanes) is 1. The fourth-order valence-electron chi connectivity index (χ4n) is 4.23. The van der Waals surface area contributed by atoms with Gasteiger partial charge in [-0.25, -0.2) is 4.79 Å². The van der Waals surface area contributed by atoms with Crippen LogP contribution in [0.3, 0.4) is 0 Å². The van der Waals surface area contributed by atoms with Crippen molar-refractivity contribution in [3.63, 3.8) is 0 Å². The molecule has 234 valence electrons. The van der Waals surface area contributed by atoms with Gasteiger partial charge in [0.25, 0.3) is 11.8 Å². The summed E-state index contributed by atoms with van der Waals surface area (Å²) in [5.74, 6) is -1.21. The monoisotopic (exact) mass is 923 g/mol. The summed E-state index contributed by atoms with van der Waals surface area (Å²) in [6.07, 6.45) is 3.38. The first kappa shape index (κ1) is 36.9. The minimum Gasteiger partial charge on any atom is -0.370 e. The number of hydroxylamine groups is 1. The molecule has 0 aromatic heterocycles. The van der Waals surface area contributed by atoms with Gasteiger partial charge in [0.1, 0.15) is 6.04 Å². The van der Waals surface area contributed by atoms with Crippen molar-refractivity contribution in [2.24, 2.45) is 11.3 Å². The second kappa shape index (κ2) is 16.7. The molecule has 11 nitrogen and oxygen atoms in total. The molecule has 2 rings (SSSR count). The van der Waals surface area contributed by atoms with Crippen molar-refractivity contribution in [3.05, 3.63) is 21.8 Å². The van der Waals surface area contributed by atoms with Crippen molar-refractivity contribution in [3.8, 4) is 0 Å². The van der Waals surface area contributed by atoms with Gasteiger partial charge in [-0.1, -0.05) is 6.92 Å². The summed E-state index contributed by atoms with van der Waals surface area (Å²) in [7, 11) is 1.50. The van der Waals surface area contributed by atoms with E-state index in [4.69, 9.17) is 4.84 Å². The molecule has 0 bridgehead atoms. The summed E-state index contributed by atoms with van der Waals surface area (Å²) in [5.41, 5.74) is 2.93. The molecule has 1 aliphatic rings. The average molecular weight is 923 g/mol. The van der Waals surface area contributed by atoms with Gasteiger partial charge in [0.2, 0.25) is 11.8 Å². The Morgan fingerprint density at radius 2 is 1.52 bits per heavy atom. The van der Waals surface area contributed by atoms with Crippen molar-refractivity contribution >= 4 is 103 Å². The quantitative estimate of drug-likeness (QED) is 0.146. The SMILES string of the molecule is CNC(=O)c1c(I)c(NC(C)=O)c(I)c(C(=O)NC(CCCCNOC(=O)C(C)(C)C)C(=O)N2CCC(C)CC2)c1I. The molecule has 0 spiro atoms. The van der Waals surface area contributed by atoms with E-state index in [1.54, 1.807) is 25.7 Å². The highest BCUT2D eigenvalue weighted by Gasteiger charge is 2.32. The molecule has 1 aromatic rings. The number of rotatable bonds is 11. The molecule has 1 aromatic carbocycles. The maximum absolute atomic E-state index is 13.8. The molecule has 1 aliphatic heterocycles. The zero-order valence-electron chi connectivity index (χ0n) is 24.8. The molecule has 0 saturated carbocycles. The Balaban J connectivity index is 2.30. The highest BCUT2D eigenvalue weighted by molar-refractivity contribution is 14.1. The summed E-state index contributed by atoms with van der Waals surface area (Å²) in [6.45, 7) is 10.5. The number of hydrogen-bond acceptors (Lipinski definition) is 7. The largest absolute Gasteiger partial charge is 0.370 e.